The molecule has 0 spiro atoms. The van der Waals surface area contributed by atoms with E-state index >= 15 is 0 Å². The summed E-state index contributed by atoms with van der Waals surface area (Å²) in [6.45, 7) is 4.30. The zero-order valence-corrected chi connectivity index (χ0v) is 13.9. The molecule has 7 heteroatoms. The smallest absolute Gasteiger partial charge is 0.324 e. The van der Waals surface area contributed by atoms with Gasteiger partial charge >= 0.3 is 6.03 Å². The molecule has 120 valence electrons. The lowest BCUT2D eigenvalue weighted by molar-refractivity contribution is -0.128. The summed E-state index contributed by atoms with van der Waals surface area (Å²) in [7, 11) is 0. The Morgan fingerprint density at radius 2 is 1.91 bits per heavy atom. The van der Waals surface area contributed by atoms with E-state index in [1.807, 2.05) is 13.8 Å². The molecular weight excluding hydrogens is 327 g/mol. The highest BCUT2D eigenvalue weighted by atomic mass is 35.5. The molecule has 1 atom stereocenters. The predicted molar refractivity (Wildman–Crippen MR) is 85.4 cm³/mol. The van der Waals surface area contributed by atoms with Crippen LogP contribution in [-0.2, 0) is 4.79 Å². The normalized spacial score (nSPS) is 18.0. The van der Waals surface area contributed by atoms with Gasteiger partial charge in [-0.1, -0.05) is 43.1 Å². The molecule has 1 aliphatic heterocycles. The van der Waals surface area contributed by atoms with Crippen LogP contribution >= 0.6 is 23.2 Å². The van der Waals surface area contributed by atoms with Gasteiger partial charge in [-0.2, -0.15) is 0 Å². The van der Waals surface area contributed by atoms with Crippen molar-refractivity contribution in [2.24, 2.45) is 5.92 Å². The van der Waals surface area contributed by atoms with E-state index in [1.165, 1.54) is 0 Å². The minimum atomic E-state index is -0.448. The Morgan fingerprint density at radius 1 is 1.27 bits per heavy atom. The summed E-state index contributed by atoms with van der Waals surface area (Å²) in [5, 5.41) is 3.47. The fourth-order valence-electron chi connectivity index (χ4n) is 2.28. The lowest BCUT2D eigenvalue weighted by atomic mass is 10.0. The molecule has 1 aromatic rings. The third-order valence-electron chi connectivity index (χ3n) is 3.29. The number of carbonyl (C=O) groups is 2. The Kier molecular flexibility index (Phi) is 5.53. The Hall–Kier alpha value is -1.46. The maximum absolute atomic E-state index is 12.2. The Bertz CT molecular complexity index is 558. The van der Waals surface area contributed by atoms with E-state index in [-0.39, 0.29) is 25.1 Å². The highest BCUT2D eigenvalue weighted by Crippen LogP contribution is 2.32. The minimum absolute atomic E-state index is 0.136. The molecule has 0 aliphatic carbocycles. The highest BCUT2D eigenvalue weighted by Gasteiger charge is 2.37. The Balaban J connectivity index is 1.92. The van der Waals surface area contributed by atoms with E-state index in [0.29, 0.717) is 28.1 Å². The maximum Gasteiger partial charge on any atom is 0.324 e. The van der Waals surface area contributed by atoms with Crippen molar-refractivity contribution < 1.29 is 14.3 Å². The molecule has 0 radical (unpaired) electrons. The molecule has 1 aliphatic rings. The first-order valence-corrected chi connectivity index (χ1v) is 7.84. The van der Waals surface area contributed by atoms with Crippen molar-refractivity contribution in [2.75, 3.05) is 13.2 Å². The number of nitrogens with zero attached hydrogens (tertiary/aromatic N) is 1. The largest absolute Gasteiger partial charge is 0.489 e. The van der Waals surface area contributed by atoms with Crippen molar-refractivity contribution in [3.63, 3.8) is 0 Å². The van der Waals surface area contributed by atoms with Crippen LogP contribution in [-0.4, -0.2) is 36.0 Å². The molecule has 0 saturated carbocycles. The number of para-hydroxylation sites is 1. The van der Waals surface area contributed by atoms with Crippen LogP contribution in [0.5, 0.6) is 5.75 Å². The Morgan fingerprint density at radius 3 is 2.50 bits per heavy atom. The minimum Gasteiger partial charge on any atom is -0.489 e. The monoisotopic (exact) mass is 344 g/mol. The fourth-order valence-corrected chi connectivity index (χ4v) is 2.79. The number of halogens is 2. The lowest BCUT2D eigenvalue weighted by Gasteiger charge is -2.15. The molecule has 1 unspecified atom stereocenters. The van der Waals surface area contributed by atoms with Gasteiger partial charge in [-0.15, -0.1) is 0 Å². The van der Waals surface area contributed by atoms with Gasteiger partial charge in [0, 0.05) is 0 Å². The van der Waals surface area contributed by atoms with Crippen LogP contribution in [0.3, 0.4) is 0 Å². The highest BCUT2D eigenvalue weighted by molar-refractivity contribution is 6.37. The zero-order chi connectivity index (χ0) is 16.3. The summed E-state index contributed by atoms with van der Waals surface area (Å²) in [5.41, 5.74) is 0. The van der Waals surface area contributed by atoms with Gasteiger partial charge in [0.05, 0.1) is 16.6 Å². The van der Waals surface area contributed by atoms with E-state index in [2.05, 4.69) is 5.32 Å². The molecule has 1 fully saturated rings. The van der Waals surface area contributed by atoms with Crippen molar-refractivity contribution in [2.45, 2.75) is 26.3 Å². The molecule has 1 N–H and O–H groups in total. The van der Waals surface area contributed by atoms with Gasteiger partial charge in [-0.05, 0) is 24.5 Å². The van der Waals surface area contributed by atoms with Crippen LogP contribution in [0.15, 0.2) is 18.2 Å². The van der Waals surface area contributed by atoms with E-state index < -0.39 is 6.04 Å². The van der Waals surface area contributed by atoms with Crippen molar-refractivity contribution >= 4 is 35.1 Å². The first-order valence-electron chi connectivity index (χ1n) is 7.09. The van der Waals surface area contributed by atoms with Crippen LogP contribution < -0.4 is 10.1 Å². The predicted octanol–water partition coefficient (Wildman–Crippen LogP) is 3.34. The van der Waals surface area contributed by atoms with E-state index in [1.54, 1.807) is 18.2 Å². The van der Waals surface area contributed by atoms with Gasteiger partial charge in [0.1, 0.15) is 12.6 Å². The number of ether oxygens (including phenoxy) is 1. The second kappa shape index (κ2) is 7.20. The number of rotatable bonds is 6. The summed E-state index contributed by atoms with van der Waals surface area (Å²) in [4.78, 5) is 25.2. The second-order valence-corrected chi connectivity index (χ2v) is 6.34. The quantitative estimate of drug-likeness (QED) is 0.805. The van der Waals surface area contributed by atoms with Crippen LogP contribution in [0.4, 0.5) is 4.79 Å². The number of amides is 3. The molecule has 1 aromatic carbocycles. The van der Waals surface area contributed by atoms with Gasteiger partial charge < -0.3 is 10.1 Å². The first kappa shape index (κ1) is 16.9. The number of benzene rings is 1. The summed E-state index contributed by atoms with van der Waals surface area (Å²) < 4.78 is 5.50. The van der Waals surface area contributed by atoms with E-state index in [0.717, 1.165) is 4.90 Å². The summed E-state index contributed by atoms with van der Waals surface area (Å²) in [6.07, 6.45) is 0.623. The number of nitrogens with one attached hydrogen (secondary N) is 1. The van der Waals surface area contributed by atoms with Gasteiger partial charge in [0.25, 0.3) is 5.91 Å². The fraction of sp³-hybridized carbons (Fsp3) is 0.467. The van der Waals surface area contributed by atoms with E-state index in [4.69, 9.17) is 27.9 Å². The topological polar surface area (TPSA) is 58.6 Å². The third kappa shape index (κ3) is 3.84. The molecule has 0 aromatic heterocycles. The van der Waals surface area contributed by atoms with Gasteiger partial charge in [-0.3, -0.25) is 9.69 Å². The zero-order valence-electron chi connectivity index (χ0n) is 12.4. The number of hydrogen-bond acceptors (Lipinski definition) is 3. The molecule has 0 bridgehead atoms. The van der Waals surface area contributed by atoms with Gasteiger partial charge in [0.2, 0.25) is 0 Å². The lowest BCUT2D eigenvalue weighted by Crippen LogP contribution is -2.35. The van der Waals surface area contributed by atoms with Crippen molar-refractivity contribution in [3.8, 4) is 5.75 Å². The van der Waals surface area contributed by atoms with Crippen LogP contribution in [0.1, 0.15) is 20.3 Å². The SMILES string of the molecule is CC(C)CC1NC(=O)N(CCOc2c(Cl)cccc2Cl)C1=O. The standard InChI is InChI=1S/C15H18Cl2N2O3/c1-9(2)8-12-14(20)19(15(21)18-12)6-7-22-13-10(16)4-3-5-11(13)17/h3-5,9,12H,6-8H2,1-2H3,(H,18,21). The molecule has 22 heavy (non-hydrogen) atoms. The number of urea groups is 1. The van der Waals surface area contributed by atoms with E-state index in [9.17, 15) is 9.59 Å². The van der Waals surface area contributed by atoms with Crippen LogP contribution in [0.25, 0.3) is 0 Å². The average Bonchev–Trinajstić information content (AvgIpc) is 2.68. The van der Waals surface area contributed by atoms with Crippen LogP contribution in [0.2, 0.25) is 10.0 Å². The van der Waals surface area contributed by atoms with Crippen molar-refractivity contribution in [1.82, 2.24) is 10.2 Å². The average molecular weight is 345 g/mol. The van der Waals surface area contributed by atoms with Gasteiger partial charge in [-0.25, -0.2) is 4.79 Å². The van der Waals surface area contributed by atoms with Gasteiger partial charge in [0.15, 0.2) is 5.75 Å². The second-order valence-electron chi connectivity index (χ2n) is 5.52. The number of hydrogen-bond donors (Lipinski definition) is 1. The van der Waals surface area contributed by atoms with Crippen molar-refractivity contribution in [1.29, 1.82) is 0 Å². The molecule has 1 heterocycles. The van der Waals surface area contributed by atoms with Crippen molar-refractivity contribution in [3.05, 3.63) is 28.2 Å². The third-order valence-corrected chi connectivity index (χ3v) is 3.89. The summed E-state index contributed by atoms with van der Waals surface area (Å²) in [5.74, 6) is 0.469. The number of imide groups is 1. The Labute approximate surface area is 139 Å². The summed E-state index contributed by atoms with van der Waals surface area (Å²) >= 11 is 12.0. The molecule has 2 rings (SSSR count). The van der Waals surface area contributed by atoms with Crippen LogP contribution in [0, 0.1) is 5.92 Å². The molecule has 1 saturated heterocycles. The molecule has 3 amide bonds. The maximum atomic E-state index is 12.2. The molecular formula is C15H18Cl2N2O3. The molecule has 5 nitrogen and oxygen atoms in total. The first-order chi connectivity index (χ1) is 10.4. The summed E-state index contributed by atoms with van der Waals surface area (Å²) in [6, 6.07) is 4.20. The number of carbonyl (C=O) groups excluding carboxylic acids is 2.